The number of rotatable bonds is 7. The molecule has 1 fully saturated rings. The summed E-state index contributed by atoms with van der Waals surface area (Å²) in [6.45, 7) is 4.10. The van der Waals surface area contributed by atoms with Gasteiger partial charge in [-0.25, -0.2) is 0 Å². The molecule has 0 saturated heterocycles. The van der Waals surface area contributed by atoms with Crippen LogP contribution < -0.4 is 5.32 Å². The number of Topliss-reactive ketones (excluding diaryl/α,β-unsaturated/α-hetero) is 1. The van der Waals surface area contributed by atoms with Crippen molar-refractivity contribution in [2.24, 2.45) is 11.8 Å². The lowest BCUT2D eigenvalue weighted by molar-refractivity contribution is -0.117. The van der Waals surface area contributed by atoms with Gasteiger partial charge in [0.15, 0.2) is 5.78 Å². The van der Waals surface area contributed by atoms with Crippen LogP contribution in [0, 0.1) is 11.8 Å². The van der Waals surface area contributed by atoms with Crippen LogP contribution in [0.4, 0.5) is 5.69 Å². The van der Waals surface area contributed by atoms with Crippen molar-refractivity contribution in [3.8, 4) is 0 Å². The van der Waals surface area contributed by atoms with E-state index in [0.29, 0.717) is 44.2 Å². The van der Waals surface area contributed by atoms with Crippen LogP contribution in [0.15, 0.2) is 36.4 Å². The lowest BCUT2D eigenvalue weighted by atomic mass is 10.0. The zero-order chi connectivity index (χ0) is 22.2. The molecule has 0 aromatic heterocycles. The lowest BCUT2D eigenvalue weighted by Gasteiger charge is -2.10. The Hall–Kier alpha value is -0.970. The summed E-state index contributed by atoms with van der Waals surface area (Å²) >= 11 is 31.1. The monoisotopic (exact) mass is 505 g/mol. The molecular weight excluding hydrogens is 488 g/mol. The van der Waals surface area contributed by atoms with Crippen molar-refractivity contribution in [2.45, 2.75) is 36.9 Å². The zero-order valence-corrected chi connectivity index (χ0v) is 20.1. The van der Waals surface area contributed by atoms with Gasteiger partial charge in [-0.2, -0.15) is 0 Å². The molecule has 1 aliphatic rings. The minimum atomic E-state index is -1.28. The molecule has 2 atom stereocenters. The smallest absolute Gasteiger partial charge is 0.231 e. The highest BCUT2D eigenvalue weighted by molar-refractivity contribution is 6.53. The Bertz CT molecular complexity index is 969. The molecule has 1 saturated carbocycles. The minimum Gasteiger partial charge on any atom is -0.326 e. The van der Waals surface area contributed by atoms with Crippen LogP contribution in [0.2, 0.25) is 15.1 Å². The van der Waals surface area contributed by atoms with Crippen LogP contribution in [0.5, 0.6) is 0 Å². The topological polar surface area (TPSA) is 46.2 Å². The molecule has 0 bridgehead atoms. The predicted molar refractivity (Wildman–Crippen MR) is 126 cm³/mol. The Kier molecular flexibility index (Phi) is 7.31. The lowest BCUT2D eigenvalue weighted by Crippen LogP contribution is -2.17. The summed E-state index contributed by atoms with van der Waals surface area (Å²) in [5.41, 5.74) is 1.53. The van der Waals surface area contributed by atoms with Gasteiger partial charge >= 0.3 is 0 Å². The highest BCUT2D eigenvalue weighted by atomic mass is 35.5. The average Bonchev–Trinajstić information content (AvgIpc) is 3.22. The van der Waals surface area contributed by atoms with Gasteiger partial charge in [0.25, 0.3) is 0 Å². The fourth-order valence-electron chi connectivity index (χ4n) is 3.41. The Labute approximate surface area is 201 Å². The van der Waals surface area contributed by atoms with E-state index in [1.165, 1.54) is 0 Å². The standard InChI is InChI=1S/C22H20Cl5NO2/c1-11(2)3-6-18(29)16-10-15(4-5-17(16)25)28-21(30)20-19(22(20,26)27)12-7-13(23)9-14(24)8-12/h4-5,7-11,19-20H,3,6H2,1-2H3,(H,28,30). The summed E-state index contributed by atoms with van der Waals surface area (Å²) in [6.07, 6.45) is 1.15. The number of carbonyl (C=O) groups excluding carboxylic acids is 2. The molecule has 30 heavy (non-hydrogen) atoms. The van der Waals surface area contributed by atoms with Gasteiger partial charge in [0.05, 0.1) is 10.9 Å². The highest BCUT2D eigenvalue weighted by Gasteiger charge is 2.67. The number of carbonyl (C=O) groups is 2. The van der Waals surface area contributed by atoms with E-state index in [4.69, 9.17) is 58.0 Å². The summed E-state index contributed by atoms with van der Waals surface area (Å²) in [5.74, 6) is -1.15. The second-order valence-electron chi connectivity index (χ2n) is 7.87. The fraction of sp³-hybridized carbons (Fsp3) is 0.364. The number of hydrogen-bond donors (Lipinski definition) is 1. The summed E-state index contributed by atoms with van der Waals surface area (Å²) in [6, 6.07) is 9.80. The molecule has 0 radical (unpaired) electrons. The van der Waals surface area contributed by atoms with Crippen LogP contribution >= 0.6 is 58.0 Å². The van der Waals surface area contributed by atoms with Crippen LogP contribution in [-0.4, -0.2) is 16.0 Å². The second kappa shape index (κ2) is 9.26. The number of halogens is 5. The number of benzene rings is 2. The van der Waals surface area contributed by atoms with Crippen molar-refractivity contribution in [3.05, 3.63) is 62.6 Å². The van der Waals surface area contributed by atoms with Gasteiger partial charge in [0.2, 0.25) is 5.91 Å². The van der Waals surface area contributed by atoms with Crippen molar-refractivity contribution in [2.75, 3.05) is 5.32 Å². The van der Waals surface area contributed by atoms with E-state index >= 15 is 0 Å². The molecule has 160 valence electrons. The fourth-order valence-corrected chi connectivity index (χ4v) is 5.01. The second-order valence-corrected chi connectivity index (χ2v) is 10.6. The Balaban J connectivity index is 1.76. The summed E-state index contributed by atoms with van der Waals surface area (Å²) in [5, 5.41) is 4.02. The molecule has 2 unspecified atom stereocenters. The van der Waals surface area contributed by atoms with E-state index in [1.54, 1.807) is 36.4 Å². The zero-order valence-electron chi connectivity index (χ0n) is 16.3. The molecule has 2 aromatic rings. The van der Waals surface area contributed by atoms with Crippen LogP contribution in [0.1, 0.15) is 48.5 Å². The van der Waals surface area contributed by atoms with Crippen molar-refractivity contribution in [3.63, 3.8) is 0 Å². The van der Waals surface area contributed by atoms with Gasteiger partial charge in [0, 0.05) is 33.6 Å². The van der Waals surface area contributed by atoms with Crippen LogP contribution in [0.25, 0.3) is 0 Å². The Morgan fingerprint density at radius 2 is 1.67 bits per heavy atom. The molecule has 1 amide bonds. The first-order chi connectivity index (χ1) is 14.0. The van der Waals surface area contributed by atoms with Crippen molar-refractivity contribution < 1.29 is 9.59 Å². The van der Waals surface area contributed by atoms with Crippen molar-refractivity contribution in [1.29, 1.82) is 0 Å². The van der Waals surface area contributed by atoms with Gasteiger partial charge in [0.1, 0.15) is 4.33 Å². The van der Waals surface area contributed by atoms with E-state index < -0.39 is 16.2 Å². The first kappa shape index (κ1) is 23.7. The van der Waals surface area contributed by atoms with Gasteiger partial charge < -0.3 is 5.32 Å². The quantitative estimate of drug-likeness (QED) is 0.307. The molecule has 0 aliphatic heterocycles. The normalized spacial score (nSPS) is 19.6. The molecule has 0 heterocycles. The minimum absolute atomic E-state index is 0.0632. The molecular formula is C22H20Cl5NO2. The Morgan fingerprint density at radius 1 is 1.03 bits per heavy atom. The largest absolute Gasteiger partial charge is 0.326 e. The van der Waals surface area contributed by atoms with Crippen LogP contribution in [-0.2, 0) is 4.79 Å². The number of anilines is 1. The number of hydrogen-bond acceptors (Lipinski definition) is 2. The van der Waals surface area contributed by atoms with Gasteiger partial charge in [-0.3, -0.25) is 9.59 Å². The molecule has 1 aliphatic carbocycles. The van der Waals surface area contributed by atoms with Gasteiger partial charge in [-0.05, 0) is 54.3 Å². The third-order valence-corrected chi connectivity index (χ3v) is 6.77. The first-order valence-corrected chi connectivity index (χ1v) is 11.4. The predicted octanol–water partition coefficient (Wildman–Crippen LogP) is 7.79. The van der Waals surface area contributed by atoms with E-state index in [9.17, 15) is 9.59 Å². The average molecular weight is 508 g/mol. The maximum Gasteiger partial charge on any atom is 0.231 e. The summed E-state index contributed by atoms with van der Waals surface area (Å²) < 4.78 is -1.28. The summed E-state index contributed by atoms with van der Waals surface area (Å²) in [4.78, 5) is 25.4. The van der Waals surface area contributed by atoms with E-state index in [2.05, 4.69) is 19.2 Å². The number of ketones is 1. The third-order valence-electron chi connectivity index (χ3n) is 5.06. The van der Waals surface area contributed by atoms with E-state index in [-0.39, 0.29) is 11.7 Å². The molecule has 3 nitrogen and oxygen atoms in total. The van der Waals surface area contributed by atoms with Gasteiger partial charge in [-0.15, -0.1) is 23.2 Å². The molecule has 0 spiro atoms. The molecule has 1 N–H and O–H groups in total. The van der Waals surface area contributed by atoms with Crippen molar-refractivity contribution in [1.82, 2.24) is 0 Å². The summed E-state index contributed by atoms with van der Waals surface area (Å²) in [7, 11) is 0. The Morgan fingerprint density at radius 3 is 2.27 bits per heavy atom. The molecule has 3 rings (SSSR count). The highest BCUT2D eigenvalue weighted by Crippen LogP contribution is 2.65. The molecule has 8 heteroatoms. The number of nitrogens with one attached hydrogen (secondary N) is 1. The first-order valence-electron chi connectivity index (χ1n) is 9.48. The molecule has 2 aromatic carbocycles. The van der Waals surface area contributed by atoms with E-state index in [0.717, 1.165) is 6.42 Å². The third kappa shape index (κ3) is 5.26. The number of alkyl halides is 2. The number of amides is 1. The van der Waals surface area contributed by atoms with Crippen LogP contribution in [0.3, 0.4) is 0 Å². The van der Waals surface area contributed by atoms with Gasteiger partial charge in [-0.1, -0.05) is 48.7 Å². The van der Waals surface area contributed by atoms with Crippen molar-refractivity contribution >= 4 is 75.4 Å². The van der Waals surface area contributed by atoms with E-state index in [1.807, 2.05) is 0 Å². The SMILES string of the molecule is CC(C)CCC(=O)c1cc(NC(=O)C2C(c3cc(Cl)cc(Cl)c3)C2(Cl)Cl)ccc1Cl. The maximum absolute atomic E-state index is 12.9. The maximum atomic E-state index is 12.9.